The summed E-state index contributed by atoms with van der Waals surface area (Å²) in [6.07, 6.45) is 6.88. The van der Waals surface area contributed by atoms with Crippen LogP contribution in [0, 0.1) is 6.92 Å². The van der Waals surface area contributed by atoms with E-state index in [0.29, 0.717) is 0 Å². The molecule has 0 bridgehead atoms. The third-order valence-electron chi connectivity index (χ3n) is 5.12. The molecule has 0 amide bonds. The molecular formula is C16H26N4S. The Morgan fingerprint density at radius 2 is 2.10 bits per heavy atom. The summed E-state index contributed by atoms with van der Waals surface area (Å²) in [4.78, 5) is 11.5. The van der Waals surface area contributed by atoms with Crippen LogP contribution in [0.15, 0.2) is 0 Å². The fourth-order valence-corrected chi connectivity index (χ4v) is 4.61. The Morgan fingerprint density at radius 1 is 1.19 bits per heavy atom. The van der Waals surface area contributed by atoms with E-state index < -0.39 is 0 Å². The van der Waals surface area contributed by atoms with Gasteiger partial charge in [0.1, 0.15) is 0 Å². The monoisotopic (exact) mass is 306 g/mol. The molecule has 2 aliphatic heterocycles. The normalized spacial score (nSPS) is 26.9. The number of hydrogen-bond donors (Lipinski definition) is 1. The van der Waals surface area contributed by atoms with Gasteiger partial charge in [0.2, 0.25) is 0 Å². The Kier molecular flexibility index (Phi) is 3.90. The highest BCUT2D eigenvalue weighted by Gasteiger charge is 2.30. The zero-order chi connectivity index (χ0) is 14.2. The molecule has 1 aromatic rings. The fourth-order valence-electron chi connectivity index (χ4n) is 3.57. The summed E-state index contributed by atoms with van der Waals surface area (Å²) in [5, 5.41) is 4.87. The largest absolute Gasteiger partial charge is 0.345 e. The predicted molar refractivity (Wildman–Crippen MR) is 88.1 cm³/mol. The standard InChI is InChI=1S/C16H26N4S/c1-12-15(10-17-13-5-6-13)21-16(18-12)20-9-8-19-7-3-2-4-14(19)11-20/h13-14,17H,2-11H2,1H3. The van der Waals surface area contributed by atoms with Gasteiger partial charge < -0.3 is 10.2 Å². The third kappa shape index (κ3) is 3.10. The second-order valence-electron chi connectivity index (χ2n) is 6.79. The molecule has 21 heavy (non-hydrogen) atoms. The van der Waals surface area contributed by atoms with Crippen molar-refractivity contribution in [3.8, 4) is 0 Å². The lowest BCUT2D eigenvalue weighted by Gasteiger charge is -2.44. The van der Waals surface area contributed by atoms with Crippen LogP contribution < -0.4 is 10.2 Å². The second-order valence-corrected chi connectivity index (χ2v) is 7.85. The Labute approximate surface area is 131 Å². The molecule has 5 heteroatoms. The van der Waals surface area contributed by atoms with E-state index >= 15 is 0 Å². The molecule has 1 unspecified atom stereocenters. The average molecular weight is 306 g/mol. The molecule has 1 saturated carbocycles. The van der Waals surface area contributed by atoms with Crippen molar-refractivity contribution in [1.82, 2.24) is 15.2 Å². The molecule has 0 radical (unpaired) electrons. The van der Waals surface area contributed by atoms with Gasteiger partial charge in [-0.1, -0.05) is 6.42 Å². The van der Waals surface area contributed by atoms with Crippen molar-refractivity contribution in [2.45, 2.75) is 57.7 Å². The van der Waals surface area contributed by atoms with E-state index in [0.717, 1.165) is 25.2 Å². The first kappa shape index (κ1) is 14.0. The van der Waals surface area contributed by atoms with E-state index in [1.165, 1.54) is 67.4 Å². The minimum atomic E-state index is 0.768. The van der Waals surface area contributed by atoms with E-state index in [2.05, 4.69) is 22.0 Å². The van der Waals surface area contributed by atoms with Gasteiger partial charge >= 0.3 is 0 Å². The van der Waals surface area contributed by atoms with Crippen LogP contribution >= 0.6 is 11.3 Å². The van der Waals surface area contributed by atoms with Crippen molar-refractivity contribution >= 4 is 16.5 Å². The molecule has 0 aromatic carbocycles. The van der Waals surface area contributed by atoms with E-state index in [1.807, 2.05) is 11.3 Å². The van der Waals surface area contributed by atoms with Gasteiger partial charge in [-0.15, -0.1) is 11.3 Å². The zero-order valence-electron chi connectivity index (χ0n) is 13.0. The van der Waals surface area contributed by atoms with Crippen molar-refractivity contribution < 1.29 is 0 Å². The van der Waals surface area contributed by atoms with Crippen LogP contribution in [0.1, 0.15) is 42.7 Å². The molecule has 1 atom stereocenters. The number of piperidine rings is 1. The van der Waals surface area contributed by atoms with Gasteiger partial charge in [0.05, 0.1) is 5.69 Å². The van der Waals surface area contributed by atoms with Crippen molar-refractivity contribution in [3.63, 3.8) is 0 Å². The lowest BCUT2D eigenvalue weighted by Crippen LogP contribution is -2.54. The minimum absolute atomic E-state index is 0.768. The predicted octanol–water partition coefficient (Wildman–Crippen LogP) is 2.38. The molecule has 0 spiro atoms. The molecule has 1 aromatic heterocycles. The number of piperazine rings is 1. The quantitative estimate of drug-likeness (QED) is 0.925. The number of nitrogens with one attached hydrogen (secondary N) is 1. The van der Waals surface area contributed by atoms with Gasteiger partial charge in [0.15, 0.2) is 5.13 Å². The second kappa shape index (κ2) is 5.86. The van der Waals surface area contributed by atoms with Crippen LogP contribution in [0.25, 0.3) is 0 Å². The minimum Gasteiger partial charge on any atom is -0.345 e. The number of thiazole rings is 1. The molecule has 1 aliphatic carbocycles. The van der Waals surface area contributed by atoms with Crippen molar-refractivity contribution in [2.24, 2.45) is 0 Å². The molecule has 3 aliphatic rings. The van der Waals surface area contributed by atoms with Crippen LogP contribution in [-0.4, -0.2) is 48.1 Å². The number of anilines is 1. The summed E-state index contributed by atoms with van der Waals surface area (Å²) in [6.45, 7) is 8.05. The fraction of sp³-hybridized carbons (Fsp3) is 0.812. The van der Waals surface area contributed by atoms with Gasteiger partial charge in [-0.05, 0) is 39.2 Å². The van der Waals surface area contributed by atoms with E-state index in [9.17, 15) is 0 Å². The SMILES string of the molecule is Cc1nc(N2CCN3CCCCC3C2)sc1CNC1CC1. The smallest absolute Gasteiger partial charge is 0.185 e. The maximum atomic E-state index is 4.86. The molecular weight excluding hydrogens is 280 g/mol. The van der Waals surface area contributed by atoms with Crippen molar-refractivity contribution in [3.05, 3.63) is 10.6 Å². The Bertz CT molecular complexity index is 496. The Morgan fingerprint density at radius 3 is 2.95 bits per heavy atom. The van der Waals surface area contributed by atoms with Gasteiger partial charge in [-0.2, -0.15) is 0 Å². The zero-order valence-corrected chi connectivity index (χ0v) is 13.8. The summed E-state index contributed by atoms with van der Waals surface area (Å²) in [7, 11) is 0. The van der Waals surface area contributed by atoms with Crippen molar-refractivity contribution in [2.75, 3.05) is 31.1 Å². The first-order valence-electron chi connectivity index (χ1n) is 8.48. The van der Waals surface area contributed by atoms with E-state index in [1.54, 1.807) is 0 Å². The van der Waals surface area contributed by atoms with E-state index in [-0.39, 0.29) is 0 Å². The maximum absolute atomic E-state index is 4.86. The van der Waals surface area contributed by atoms with Crippen LogP contribution in [0.5, 0.6) is 0 Å². The van der Waals surface area contributed by atoms with E-state index in [4.69, 9.17) is 4.98 Å². The molecule has 2 saturated heterocycles. The molecule has 3 heterocycles. The van der Waals surface area contributed by atoms with Crippen LogP contribution in [0.2, 0.25) is 0 Å². The third-order valence-corrected chi connectivity index (χ3v) is 6.34. The molecule has 4 rings (SSSR count). The number of aryl methyl sites for hydroxylation is 1. The molecule has 4 nitrogen and oxygen atoms in total. The number of nitrogens with zero attached hydrogens (tertiary/aromatic N) is 3. The lowest BCUT2D eigenvalue weighted by molar-refractivity contribution is 0.133. The van der Waals surface area contributed by atoms with Gasteiger partial charge in [-0.25, -0.2) is 4.98 Å². The topological polar surface area (TPSA) is 31.4 Å². The number of hydrogen-bond acceptors (Lipinski definition) is 5. The van der Waals surface area contributed by atoms with Crippen molar-refractivity contribution in [1.29, 1.82) is 0 Å². The van der Waals surface area contributed by atoms with Gasteiger partial charge in [0.25, 0.3) is 0 Å². The summed E-state index contributed by atoms with van der Waals surface area (Å²) in [5.41, 5.74) is 1.23. The lowest BCUT2D eigenvalue weighted by atomic mass is 10.00. The summed E-state index contributed by atoms with van der Waals surface area (Å²) in [5.74, 6) is 0. The highest BCUT2D eigenvalue weighted by molar-refractivity contribution is 7.15. The van der Waals surface area contributed by atoms with Crippen LogP contribution in [0.3, 0.4) is 0 Å². The average Bonchev–Trinajstić information content (AvgIpc) is 3.27. The first-order valence-corrected chi connectivity index (χ1v) is 9.30. The number of fused-ring (bicyclic) bond motifs is 1. The van der Waals surface area contributed by atoms with Crippen LogP contribution in [0.4, 0.5) is 5.13 Å². The Balaban J connectivity index is 1.42. The number of rotatable bonds is 4. The van der Waals surface area contributed by atoms with Crippen LogP contribution in [-0.2, 0) is 6.54 Å². The highest BCUT2D eigenvalue weighted by Crippen LogP contribution is 2.30. The summed E-state index contributed by atoms with van der Waals surface area (Å²) < 4.78 is 0. The molecule has 3 fully saturated rings. The molecule has 1 N–H and O–H groups in total. The summed E-state index contributed by atoms with van der Waals surface area (Å²) >= 11 is 1.91. The maximum Gasteiger partial charge on any atom is 0.185 e. The number of aromatic nitrogens is 1. The van der Waals surface area contributed by atoms with Gasteiger partial charge in [0, 0.05) is 43.1 Å². The first-order chi connectivity index (χ1) is 10.3. The van der Waals surface area contributed by atoms with Gasteiger partial charge in [-0.3, -0.25) is 4.90 Å². The Hall–Kier alpha value is -0.650. The highest BCUT2D eigenvalue weighted by atomic mass is 32.1. The molecule has 116 valence electrons. The summed E-state index contributed by atoms with van der Waals surface area (Å²) in [6, 6.07) is 1.55.